The Bertz CT molecular complexity index is 546. The second kappa shape index (κ2) is 6.88. The predicted molar refractivity (Wildman–Crippen MR) is 76.5 cm³/mol. The van der Waals surface area contributed by atoms with Crippen molar-refractivity contribution >= 4 is 15.7 Å². The first kappa shape index (κ1) is 16.7. The molecule has 7 heteroatoms. The lowest BCUT2D eigenvalue weighted by atomic mass is 9.99. The highest BCUT2D eigenvalue weighted by Gasteiger charge is 2.20. The van der Waals surface area contributed by atoms with Crippen molar-refractivity contribution in [2.24, 2.45) is 0 Å². The van der Waals surface area contributed by atoms with Gasteiger partial charge in [0.2, 0.25) is 5.76 Å². The van der Waals surface area contributed by atoms with Gasteiger partial charge in [0.1, 0.15) is 9.84 Å². The van der Waals surface area contributed by atoms with Crippen LogP contribution in [0.25, 0.3) is 0 Å². The summed E-state index contributed by atoms with van der Waals surface area (Å²) in [6.07, 6.45) is 2.98. The van der Waals surface area contributed by atoms with E-state index >= 15 is 0 Å². The third-order valence-electron chi connectivity index (χ3n) is 3.09. The fraction of sp³-hybridized carbons (Fsp3) is 0.692. The molecule has 0 fully saturated rings. The molecule has 0 saturated heterocycles. The van der Waals surface area contributed by atoms with Gasteiger partial charge in [0.05, 0.1) is 11.4 Å². The number of sulfone groups is 1. The molecule has 0 aliphatic rings. The number of carbonyl (C=O) groups excluding carboxylic acids is 1. The van der Waals surface area contributed by atoms with E-state index in [1.54, 1.807) is 13.0 Å². The van der Waals surface area contributed by atoms with Crippen molar-refractivity contribution in [2.45, 2.75) is 45.6 Å². The van der Waals surface area contributed by atoms with Crippen LogP contribution in [0.1, 0.15) is 55.8 Å². The number of nitrogens with one attached hydrogen (secondary N) is 1. The monoisotopic (exact) mass is 302 g/mol. The minimum Gasteiger partial charge on any atom is -0.351 e. The molecule has 0 radical (unpaired) electrons. The average molecular weight is 302 g/mol. The van der Waals surface area contributed by atoms with Gasteiger partial charge in [-0.15, -0.1) is 0 Å². The Morgan fingerprint density at radius 3 is 2.50 bits per heavy atom. The van der Waals surface area contributed by atoms with Crippen molar-refractivity contribution in [1.82, 2.24) is 10.5 Å². The summed E-state index contributed by atoms with van der Waals surface area (Å²) in [6.45, 7) is 5.74. The largest absolute Gasteiger partial charge is 0.351 e. The van der Waals surface area contributed by atoms with Gasteiger partial charge in [-0.05, 0) is 19.8 Å². The van der Waals surface area contributed by atoms with Crippen LogP contribution in [0, 0.1) is 0 Å². The van der Waals surface area contributed by atoms with Crippen molar-refractivity contribution in [3.05, 3.63) is 17.5 Å². The third kappa shape index (κ3) is 4.96. The summed E-state index contributed by atoms with van der Waals surface area (Å²) in [7, 11) is -3.13. The van der Waals surface area contributed by atoms with Gasteiger partial charge in [-0.2, -0.15) is 0 Å². The molecule has 0 saturated carbocycles. The molecule has 0 bridgehead atoms. The van der Waals surface area contributed by atoms with Gasteiger partial charge in [-0.25, -0.2) is 8.42 Å². The lowest BCUT2D eigenvalue weighted by molar-refractivity contribution is 0.0906. The van der Waals surface area contributed by atoms with Crippen LogP contribution in [-0.2, 0) is 9.84 Å². The van der Waals surface area contributed by atoms with E-state index < -0.39 is 21.8 Å². The Balaban J connectivity index is 2.69. The van der Waals surface area contributed by atoms with Gasteiger partial charge < -0.3 is 9.84 Å². The van der Waals surface area contributed by atoms with Crippen LogP contribution >= 0.6 is 0 Å². The molecule has 1 amide bonds. The van der Waals surface area contributed by atoms with Gasteiger partial charge >= 0.3 is 0 Å². The zero-order chi connectivity index (χ0) is 15.3. The fourth-order valence-electron chi connectivity index (χ4n) is 2.09. The number of rotatable bonds is 7. The van der Waals surface area contributed by atoms with E-state index in [1.165, 1.54) is 0 Å². The van der Waals surface area contributed by atoms with E-state index in [-0.39, 0.29) is 17.4 Å². The van der Waals surface area contributed by atoms with Crippen LogP contribution in [0.4, 0.5) is 0 Å². The highest BCUT2D eigenvalue weighted by molar-refractivity contribution is 7.90. The maximum Gasteiger partial charge on any atom is 0.290 e. The number of amides is 1. The van der Waals surface area contributed by atoms with Gasteiger partial charge in [0.15, 0.2) is 0 Å². The van der Waals surface area contributed by atoms with Crippen molar-refractivity contribution in [3.63, 3.8) is 0 Å². The SMILES string of the molecule is CCC(CC)c1cc(C(=O)N[C@@H](C)CS(C)(=O)=O)on1. The molecule has 0 aromatic carbocycles. The number of hydrogen-bond acceptors (Lipinski definition) is 5. The van der Waals surface area contributed by atoms with E-state index in [4.69, 9.17) is 4.52 Å². The molecule has 1 aromatic heterocycles. The minimum atomic E-state index is -3.13. The standard InChI is InChI=1S/C13H22N2O4S/c1-5-10(6-2)11-7-12(19-15-11)13(16)14-9(3)8-20(4,17)18/h7,9-10H,5-6,8H2,1-4H3,(H,14,16)/t9-/m0/s1. The fourth-order valence-corrected chi connectivity index (χ4v) is 3.08. The number of hydrogen-bond donors (Lipinski definition) is 1. The number of nitrogens with zero attached hydrogens (tertiary/aromatic N) is 1. The van der Waals surface area contributed by atoms with Crippen LogP contribution < -0.4 is 5.32 Å². The lowest BCUT2D eigenvalue weighted by Gasteiger charge is -2.10. The van der Waals surface area contributed by atoms with E-state index in [1.807, 2.05) is 0 Å². The maximum absolute atomic E-state index is 11.9. The quantitative estimate of drug-likeness (QED) is 0.828. The van der Waals surface area contributed by atoms with Gasteiger partial charge in [-0.1, -0.05) is 19.0 Å². The Morgan fingerprint density at radius 2 is 2.00 bits per heavy atom. The molecule has 1 aromatic rings. The zero-order valence-corrected chi connectivity index (χ0v) is 13.2. The smallest absolute Gasteiger partial charge is 0.290 e. The van der Waals surface area contributed by atoms with Crippen LogP contribution in [0.5, 0.6) is 0 Å². The topological polar surface area (TPSA) is 89.3 Å². The molecule has 114 valence electrons. The van der Waals surface area contributed by atoms with Crippen LogP contribution in [0.2, 0.25) is 0 Å². The average Bonchev–Trinajstić information content (AvgIpc) is 2.77. The molecule has 1 atom stereocenters. The zero-order valence-electron chi connectivity index (χ0n) is 12.3. The number of carbonyl (C=O) groups is 1. The van der Waals surface area contributed by atoms with E-state index in [0.717, 1.165) is 24.8 Å². The highest BCUT2D eigenvalue weighted by atomic mass is 32.2. The second-order valence-electron chi connectivity index (χ2n) is 5.10. The molecule has 0 aliphatic carbocycles. The molecule has 0 unspecified atom stereocenters. The first-order chi connectivity index (χ1) is 9.26. The van der Waals surface area contributed by atoms with Crippen LogP contribution in [0.15, 0.2) is 10.6 Å². The van der Waals surface area contributed by atoms with E-state index in [2.05, 4.69) is 24.3 Å². The summed E-state index contributed by atoms with van der Waals surface area (Å²) < 4.78 is 27.3. The molecule has 1 N–H and O–H groups in total. The maximum atomic E-state index is 11.9. The first-order valence-electron chi connectivity index (χ1n) is 6.72. The molecular formula is C13H22N2O4S. The molecule has 1 rings (SSSR count). The molecule has 6 nitrogen and oxygen atoms in total. The van der Waals surface area contributed by atoms with Gasteiger partial charge in [-0.3, -0.25) is 4.79 Å². The second-order valence-corrected chi connectivity index (χ2v) is 7.28. The van der Waals surface area contributed by atoms with Crippen LogP contribution in [0.3, 0.4) is 0 Å². The molecular weight excluding hydrogens is 280 g/mol. The van der Waals surface area contributed by atoms with E-state index in [9.17, 15) is 13.2 Å². The summed E-state index contributed by atoms with van der Waals surface area (Å²) in [4.78, 5) is 11.9. The number of aromatic nitrogens is 1. The van der Waals surface area contributed by atoms with Gasteiger partial charge in [0.25, 0.3) is 5.91 Å². The van der Waals surface area contributed by atoms with E-state index in [0.29, 0.717) is 0 Å². The molecule has 20 heavy (non-hydrogen) atoms. The summed E-state index contributed by atoms with van der Waals surface area (Å²) in [5.74, 6) is -0.154. The first-order valence-corrected chi connectivity index (χ1v) is 8.78. The predicted octanol–water partition coefficient (Wildman–Crippen LogP) is 1.74. The van der Waals surface area contributed by atoms with Gasteiger partial charge in [0, 0.05) is 24.3 Å². The summed E-state index contributed by atoms with van der Waals surface area (Å²) in [6, 6.07) is 1.15. The normalized spacial score (nSPS) is 13.4. The molecule has 1 heterocycles. The Hall–Kier alpha value is -1.37. The Labute approximate surface area is 119 Å². The third-order valence-corrected chi connectivity index (χ3v) is 4.19. The minimum absolute atomic E-state index is 0.105. The molecule has 0 aliphatic heterocycles. The summed E-state index contributed by atoms with van der Waals surface area (Å²) in [5, 5.41) is 6.50. The van der Waals surface area contributed by atoms with Crippen molar-refractivity contribution in [2.75, 3.05) is 12.0 Å². The molecule has 0 spiro atoms. The summed E-state index contributed by atoms with van der Waals surface area (Å²) in [5.41, 5.74) is 0.760. The van der Waals surface area contributed by atoms with Crippen LogP contribution in [-0.4, -0.2) is 37.5 Å². The van der Waals surface area contributed by atoms with Crippen molar-refractivity contribution in [3.8, 4) is 0 Å². The van der Waals surface area contributed by atoms with Crippen molar-refractivity contribution < 1.29 is 17.7 Å². The Kier molecular flexibility index (Phi) is 5.74. The summed E-state index contributed by atoms with van der Waals surface area (Å²) >= 11 is 0. The Morgan fingerprint density at radius 1 is 1.40 bits per heavy atom. The highest BCUT2D eigenvalue weighted by Crippen LogP contribution is 2.22. The lowest BCUT2D eigenvalue weighted by Crippen LogP contribution is -2.37. The van der Waals surface area contributed by atoms with Crippen molar-refractivity contribution in [1.29, 1.82) is 0 Å².